The molecule has 116 valence electrons. The molecule has 3 N–H and O–H groups in total. The number of likely N-dealkylation sites (tertiary alicyclic amines) is 1. The van der Waals surface area contributed by atoms with Crippen molar-refractivity contribution in [3.05, 3.63) is 0 Å². The molecule has 0 spiro atoms. The summed E-state index contributed by atoms with van der Waals surface area (Å²) >= 11 is 0. The third-order valence-electron chi connectivity index (χ3n) is 5.32. The van der Waals surface area contributed by atoms with Gasteiger partial charge in [0, 0.05) is 24.5 Å². The van der Waals surface area contributed by atoms with Gasteiger partial charge in [0.2, 0.25) is 5.91 Å². The van der Waals surface area contributed by atoms with Crippen molar-refractivity contribution >= 4 is 5.91 Å². The SMILES string of the molecule is CCN1CCCC(NC(=O)C2CC(N)C(C)CC2C)C1. The molecule has 1 saturated carbocycles. The van der Waals surface area contributed by atoms with Crippen LogP contribution in [0.15, 0.2) is 0 Å². The van der Waals surface area contributed by atoms with E-state index in [4.69, 9.17) is 5.73 Å². The van der Waals surface area contributed by atoms with Crippen molar-refractivity contribution in [2.45, 2.75) is 58.5 Å². The lowest BCUT2D eigenvalue weighted by Crippen LogP contribution is -2.51. The van der Waals surface area contributed by atoms with Crippen LogP contribution in [0, 0.1) is 17.8 Å². The molecule has 0 bridgehead atoms. The third kappa shape index (κ3) is 3.73. The zero-order chi connectivity index (χ0) is 14.7. The third-order valence-corrected chi connectivity index (χ3v) is 5.32. The van der Waals surface area contributed by atoms with Crippen LogP contribution in [0.25, 0.3) is 0 Å². The van der Waals surface area contributed by atoms with Crippen molar-refractivity contribution < 1.29 is 4.79 Å². The van der Waals surface area contributed by atoms with Crippen LogP contribution in [-0.4, -0.2) is 42.5 Å². The fourth-order valence-electron chi connectivity index (χ4n) is 3.82. The van der Waals surface area contributed by atoms with Crippen molar-refractivity contribution in [1.82, 2.24) is 10.2 Å². The number of carbonyl (C=O) groups is 1. The molecule has 2 aliphatic rings. The van der Waals surface area contributed by atoms with Gasteiger partial charge in [-0.3, -0.25) is 4.79 Å². The number of nitrogens with one attached hydrogen (secondary N) is 1. The molecule has 2 fully saturated rings. The monoisotopic (exact) mass is 281 g/mol. The summed E-state index contributed by atoms with van der Waals surface area (Å²) in [5.41, 5.74) is 6.16. The lowest BCUT2D eigenvalue weighted by Gasteiger charge is -2.38. The summed E-state index contributed by atoms with van der Waals surface area (Å²) in [5.74, 6) is 1.34. The molecule has 4 heteroatoms. The van der Waals surface area contributed by atoms with Crippen LogP contribution in [0.3, 0.4) is 0 Å². The molecule has 1 heterocycles. The first-order valence-corrected chi connectivity index (χ1v) is 8.29. The fraction of sp³-hybridized carbons (Fsp3) is 0.938. The maximum absolute atomic E-state index is 12.5. The lowest BCUT2D eigenvalue weighted by atomic mass is 9.72. The number of nitrogens with zero attached hydrogens (tertiary/aromatic N) is 1. The molecule has 1 saturated heterocycles. The summed E-state index contributed by atoms with van der Waals surface area (Å²) in [7, 11) is 0. The largest absolute Gasteiger partial charge is 0.352 e. The molecule has 0 radical (unpaired) electrons. The molecule has 20 heavy (non-hydrogen) atoms. The van der Waals surface area contributed by atoms with Gasteiger partial charge in [0.1, 0.15) is 0 Å². The molecule has 5 unspecified atom stereocenters. The molecule has 4 nitrogen and oxygen atoms in total. The first-order chi connectivity index (χ1) is 9.51. The van der Waals surface area contributed by atoms with Gasteiger partial charge in [-0.15, -0.1) is 0 Å². The van der Waals surface area contributed by atoms with Gasteiger partial charge >= 0.3 is 0 Å². The summed E-state index contributed by atoms with van der Waals surface area (Å²) in [6.45, 7) is 9.85. The molecule has 5 atom stereocenters. The van der Waals surface area contributed by atoms with Crippen molar-refractivity contribution in [2.24, 2.45) is 23.5 Å². The van der Waals surface area contributed by atoms with E-state index in [1.165, 1.54) is 13.0 Å². The number of carbonyl (C=O) groups excluding carboxylic acids is 1. The standard InChI is InChI=1S/C16H31N3O/c1-4-19-7-5-6-13(10-19)18-16(20)14-9-15(17)12(3)8-11(14)2/h11-15H,4-10,17H2,1-3H3,(H,18,20). The van der Waals surface area contributed by atoms with Gasteiger partial charge in [-0.2, -0.15) is 0 Å². The highest BCUT2D eigenvalue weighted by atomic mass is 16.2. The van der Waals surface area contributed by atoms with E-state index in [0.717, 1.165) is 32.4 Å². The number of hydrogen-bond donors (Lipinski definition) is 2. The first-order valence-electron chi connectivity index (χ1n) is 8.29. The zero-order valence-corrected chi connectivity index (χ0v) is 13.3. The van der Waals surface area contributed by atoms with E-state index < -0.39 is 0 Å². The highest BCUT2D eigenvalue weighted by molar-refractivity contribution is 5.79. The van der Waals surface area contributed by atoms with E-state index in [9.17, 15) is 4.79 Å². The number of rotatable bonds is 3. The van der Waals surface area contributed by atoms with E-state index in [0.29, 0.717) is 17.9 Å². The van der Waals surface area contributed by atoms with Crippen molar-refractivity contribution in [3.63, 3.8) is 0 Å². The maximum Gasteiger partial charge on any atom is 0.223 e. The van der Waals surface area contributed by atoms with E-state index in [1.54, 1.807) is 0 Å². The minimum Gasteiger partial charge on any atom is -0.352 e. The molecule has 1 amide bonds. The average Bonchev–Trinajstić information content (AvgIpc) is 2.43. The van der Waals surface area contributed by atoms with E-state index >= 15 is 0 Å². The first kappa shape index (κ1) is 15.8. The predicted molar refractivity (Wildman–Crippen MR) is 82.3 cm³/mol. The van der Waals surface area contributed by atoms with Gasteiger partial charge in [0.05, 0.1) is 0 Å². The second-order valence-corrected chi connectivity index (χ2v) is 6.94. The van der Waals surface area contributed by atoms with Gasteiger partial charge in [-0.1, -0.05) is 20.8 Å². The maximum atomic E-state index is 12.5. The lowest BCUT2D eigenvalue weighted by molar-refractivity contribution is -0.129. The number of nitrogens with two attached hydrogens (primary N) is 1. The van der Waals surface area contributed by atoms with Crippen molar-refractivity contribution in [3.8, 4) is 0 Å². The molecule has 0 aromatic carbocycles. The molecule has 2 rings (SSSR count). The Morgan fingerprint density at radius 2 is 2.05 bits per heavy atom. The van der Waals surface area contributed by atoms with Gasteiger partial charge in [0.25, 0.3) is 0 Å². The molecule has 1 aliphatic heterocycles. The molecule has 1 aliphatic carbocycles. The molecular weight excluding hydrogens is 250 g/mol. The summed E-state index contributed by atoms with van der Waals surface area (Å²) in [4.78, 5) is 15.0. The summed E-state index contributed by atoms with van der Waals surface area (Å²) in [6, 6.07) is 0.513. The van der Waals surface area contributed by atoms with Gasteiger partial charge in [0.15, 0.2) is 0 Å². The minimum absolute atomic E-state index is 0.109. The summed E-state index contributed by atoms with van der Waals surface area (Å²) in [6.07, 6.45) is 4.23. The van der Waals surface area contributed by atoms with Gasteiger partial charge < -0.3 is 16.0 Å². The summed E-state index contributed by atoms with van der Waals surface area (Å²) < 4.78 is 0. The second kappa shape index (κ2) is 6.90. The van der Waals surface area contributed by atoms with Gasteiger partial charge in [-0.25, -0.2) is 0 Å². The zero-order valence-electron chi connectivity index (χ0n) is 13.3. The van der Waals surface area contributed by atoms with Crippen LogP contribution in [0.5, 0.6) is 0 Å². The Morgan fingerprint density at radius 3 is 2.75 bits per heavy atom. The van der Waals surface area contributed by atoms with Crippen LogP contribution < -0.4 is 11.1 Å². The van der Waals surface area contributed by atoms with E-state index in [2.05, 4.69) is 31.0 Å². The number of hydrogen-bond acceptors (Lipinski definition) is 3. The highest BCUT2D eigenvalue weighted by Crippen LogP contribution is 2.33. The van der Waals surface area contributed by atoms with Crippen LogP contribution in [0.1, 0.15) is 46.5 Å². The fourth-order valence-corrected chi connectivity index (χ4v) is 3.82. The minimum atomic E-state index is 0.109. The predicted octanol–water partition coefficient (Wildman–Crippen LogP) is 1.60. The summed E-state index contributed by atoms with van der Waals surface area (Å²) in [5, 5.41) is 3.28. The van der Waals surface area contributed by atoms with E-state index in [-0.39, 0.29) is 17.9 Å². The normalized spacial score (nSPS) is 39.5. The Bertz CT molecular complexity index is 334. The Kier molecular flexibility index (Phi) is 5.44. The Labute approximate surface area is 123 Å². The van der Waals surface area contributed by atoms with Crippen LogP contribution in [0.2, 0.25) is 0 Å². The second-order valence-electron chi connectivity index (χ2n) is 6.94. The van der Waals surface area contributed by atoms with Crippen LogP contribution in [0.4, 0.5) is 0 Å². The smallest absolute Gasteiger partial charge is 0.223 e. The average molecular weight is 281 g/mol. The number of piperidine rings is 1. The number of likely N-dealkylation sites (N-methyl/N-ethyl adjacent to an activating group) is 1. The molecule has 0 aromatic heterocycles. The van der Waals surface area contributed by atoms with Gasteiger partial charge in [-0.05, 0) is 50.6 Å². The van der Waals surface area contributed by atoms with Crippen molar-refractivity contribution in [1.29, 1.82) is 0 Å². The Hall–Kier alpha value is -0.610. The molecular formula is C16H31N3O. The molecule has 0 aromatic rings. The number of amides is 1. The Balaban J connectivity index is 1.87. The van der Waals surface area contributed by atoms with Crippen LogP contribution in [-0.2, 0) is 4.79 Å². The quantitative estimate of drug-likeness (QED) is 0.826. The highest BCUT2D eigenvalue weighted by Gasteiger charge is 2.35. The Morgan fingerprint density at radius 1 is 1.30 bits per heavy atom. The van der Waals surface area contributed by atoms with E-state index in [1.807, 2.05) is 0 Å². The van der Waals surface area contributed by atoms with Crippen molar-refractivity contribution in [2.75, 3.05) is 19.6 Å². The topological polar surface area (TPSA) is 58.4 Å². The van der Waals surface area contributed by atoms with Crippen LogP contribution >= 0.6 is 0 Å².